The van der Waals surface area contributed by atoms with Gasteiger partial charge in [0.25, 0.3) is 0 Å². The number of nitrogens with one attached hydrogen (secondary N) is 1. The van der Waals surface area contributed by atoms with Crippen molar-refractivity contribution in [2.75, 3.05) is 5.75 Å². The molecule has 2 aromatic rings. The van der Waals surface area contributed by atoms with Crippen LogP contribution in [-0.2, 0) is 6.54 Å². The summed E-state index contributed by atoms with van der Waals surface area (Å²) in [6.45, 7) is 0.501. The van der Waals surface area contributed by atoms with Crippen molar-refractivity contribution in [3.05, 3.63) is 70.5 Å². The van der Waals surface area contributed by atoms with Crippen LogP contribution in [0.2, 0.25) is 5.02 Å². The van der Waals surface area contributed by atoms with Crippen LogP contribution < -0.4 is 5.43 Å². The zero-order chi connectivity index (χ0) is 15.4. The van der Waals surface area contributed by atoms with Crippen molar-refractivity contribution in [2.45, 2.75) is 6.54 Å². The highest BCUT2D eigenvalue weighted by Crippen LogP contribution is 2.16. The van der Waals surface area contributed by atoms with E-state index < -0.39 is 0 Å². The second-order valence-electron chi connectivity index (χ2n) is 4.71. The first-order chi connectivity index (χ1) is 10.7. The smallest absolute Gasteiger partial charge is 0.177 e. The maximum Gasteiger partial charge on any atom is 0.177 e. The molecule has 3 nitrogen and oxygen atoms in total. The summed E-state index contributed by atoms with van der Waals surface area (Å²) in [5, 5.41) is 5.83. The van der Waals surface area contributed by atoms with Gasteiger partial charge in [-0.25, -0.2) is 4.39 Å². The number of hydrogen-bond donors (Lipinski definition) is 1. The molecular formula is C16H13ClFN3S. The van der Waals surface area contributed by atoms with Crippen molar-refractivity contribution in [1.82, 2.24) is 5.43 Å². The van der Waals surface area contributed by atoms with Crippen LogP contribution in [0.1, 0.15) is 11.1 Å². The van der Waals surface area contributed by atoms with Gasteiger partial charge in [0.05, 0.1) is 12.3 Å². The average Bonchev–Trinajstić information content (AvgIpc) is 2.56. The van der Waals surface area contributed by atoms with Gasteiger partial charge in [-0.2, -0.15) is 5.10 Å². The Kier molecular flexibility index (Phi) is 4.75. The molecule has 0 spiro atoms. The van der Waals surface area contributed by atoms with E-state index in [0.29, 0.717) is 11.6 Å². The minimum atomic E-state index is -0.237. The maximum absolute atomic E-state index is 12.8. The van der Waals surface area contributed by atoms with Crippen LogP contribution in [0.5, 0.6) is 0 Å². The Morgan fingerprint density at radius 1 is 1.14 bits per heavy atom. The molecule has 0 bridgehead atoms. The number of rotatable bonds is 3. The van der Waals surface area contributed by atoms with E-state index in [1.807, 2.05) is 24.3 Å². The lowest BCUT2D eigenvalue weighted by molar-refractivity contribution is 0.627. The number of benzene rings is 2. The molecule has 0 amide bonds. The van der Waals surface area contributed by atoms with E-state index >= 15 is 0 Å². The SMILES string of the molecule is Fc1ccc(CN=C2NN=C(c3ccc(Cl)cc3)CS2)cc1. The molecule has 0 aromatic heterocycles. The molecule has 2 aromatic carbocycles. The highest BCUT2D eigenvalue weighted by Gasteiger charge is 2.12. The monoisotopic (exact) mass is 333 g/mol. The summed E-state index contributed by atoms with van der Waals surface area (Å²) in [5.41, 5.74) is 5.92. The van der Waals surface area contributed by atoms with Crippen molar-refractivity contribution in [3.8, 4) is 0 Å². The Balaban J connectivity index is 1.63. The van der Waals surface area contributed by atoms with Crippen LogP contribution in [0.3, 0.4) is 0 Å². The Morgan fingerprint density at radius 3 is 2.50 bits per heavy atom. The lowest BCUT2D eigenvalue weighted by Gasteiger charge is -2.14. The average molecular weight is 334 g/mol. The number of hydrogen-bond acceptors (Lipinski definition) is 3. The van der Waals surface area contributed by atoms with Gasteiger partial charge >= 0.3 is 0 Å². The van der Waals surface area contributed by atoms with Gasteiger partial charge in [-0.15, -0.1) is 0 Å². The van der Waals surface area contributed by atoms with Crippen LogP contribution in [-0.4, -0.2) is 16.6 Å². The maximum atomic E-state index is 12.8. The summed E-state index contributed by atoms with van der Waals surface area (Å²) >= 11 is 7.47. The molecule has 22 heavy (non-hydrogen) atoms. The minimum absolute atomic E-state index is 0.237. The fourth-order valence-electron chi connectivity index (χ4n) is 1.94. The van der Waals surface area contributed by atoms with Crippen LogP contribution in [0.4, 0.5) is 4.39 Å². The standard InChI is InChI=1S/C16H13ClFN3S/c17-13-5-3-12(4-6-13)15-10-22-16(21-20-15)19-9-11-1-7-14(18)8-2-11/h1-8H,9-10H2,(H,19,21). The Morgan fingerprint density at radius 2 is 1.86 bits per heavy atom. The van der Waals surface area contributed by atoms with Gasteiger partial charge in [0.2, 0.25) is 0 Å². The van der Waals surface area contributed by atoms with Gasteiger partial charge < -0.3 is 0 Å². The van der Waals surface area contributed by atoms with E-state index in [0.717, 1.165) is 27.8 Å². The molecule has 0 saturated carbocycles. The summed E-state index contributed by atoms with van der Waals surface area (Å²) in [6.07, 6.45) is 0. The zero-order valence-electron chi connectivity index (χ0n) is 11.6. The molecular weight excluding hydrogens is 321 g/mol. The van der Waals surface area contributed by atoms with Gasteiger partial charge in [0.1, 0.15) is 5.82 Å². The quantitative estimate of drug-likeness (QED) is 0.919. The van der Waals surface area contributed by atoms with Crippen LogP contribution in [0.15, 0.2) is 58.6 Å². The third-order valence-corrected chi connectivity index (χ3v) is 4.29. The van der Waals surface area contributed by atoms with Crippen molar-refractivity contribution >= 4 is 34.2 Å². The van der Waals surface area contributed by atoms with Gasteiger partial charge in [-0.1, -0.05) is 47.6 Å². The fraction of sp³-hybridized carbons (Fsp3) is 0.125. The van der Waals surface area contributed by atoms with Crippen LogP contribution in [0, 0.1) is 5.82 Å². The molecule has 0 aliphatic carbocycles. The van der Waals surface area contributed by atoms with E-state index in [1.165, 1.54) is 12.1 Å². The molecule has 0 atom stereocenters. The predicted molar refractivity (Wildman–Crippen MR) is 91.1 cm³/mol. The fourth-order valence-corrected chi connectivity index (χ4v) is 2.84. The Hall–Kier alpha value is -1.85. The van der Waals surface area contributed by atoms with Crippen LogP contribution >= 0.6 is 23.4 Å². The molecule has 1 aliphatic rings. The van der Waals surface area contributed by atoms with E-state index in [4.69, 9.17) is 11.6 Å². The highest BCUT2D eigenvalue weighted by molar-refractivity contribution is 8.14. The molecule has 1 N–H and O–H groups in total. The predicted octanol–water partition coefficient (Wildman–Crippen LogP) is 4.08. The minimum Gasteiger partial charge on any atom is -0.256 e. The summed E-state index contributed by atoms with van der Waals surface area (Å²) in [5.74, 6) is 0.510. The first-order valence-electron chi connectivity index (χ1n) is 6.71. The molecule has 6 heteroatoms. The third kappa shape index (κ3) is 3.87. The number of halogens is 2. The number of nitrogens with zero attached hydrogens (tertiary/aromatic N) is 2. The lowest BCUT2D eigenvalue weighted by Crippen LogP contribution is -2.25. The second kappa shape index (κ2) is 6.94. The van der Waals surface area contributed by atoms with Crippen molar-refractivity contribution < 1.29 is 4.39 Å². The van der Waals surface area contributed by atoms with Crippen molar-refractivity contribution in [3.63, 3.8) is 0 Å². The number of amidine groups is 1. The molecule has 112 valence electrons. The van der Waals surface area contributed by atoms with Gasteiger partial charge in [0, 0.05) is 10.8 Å². The topological polar surface area (TPSA) is 36.8 Å². The molecule has 3 rings (SSSR count). The number of thioether (sulfide) groups is 1. The Bertz CT molecular complexity index is 711. The van der Waals surface area contributed by atoms with E-state index in [9.17, 15) is 4.39 Å². The summed E-state index contributed by atoms with van der Waals surface area (Å²) in [6, 6.07) is 13.9. The summed E-state index contributed by atoms with van der Waals surface area (Å²) in [4.78, 5) is 4.44. The van der Waals surface area contributed by atoms with Gasteiger partial charge in [0.15, 0.2) is 5.17 Å². The van der Waals surface area contributed by atoms with Crippen molar-refractivity contribution in [2.24, 2.45) is 10.1 Å². The van der Waals surface area contributed by atoms with E-state index in [2.05, 4.69) is 15.5 Å². The molecule has 0 unspecified atom stereocenters. The Labute approximate surface area is 137 Å². The zero-order valence-corrected chi connectivity index (χ0v) is 13.2. The lowest BCUT2D eigenvalue weighted by atomic mass is 10.1. The van der Waals surface area contributed by atoms with Gasteiger partial charge in [-0.05, 0) is 35.4 Å². The normalized spacial score (nSPS) is 16.3. The third-order valence-electron chi connectivity index (χ3n) is 3.13. The summed E-state index contributed by atoms with van der Waals surface area (Å²) < 4.78 is 12.8. The van der Waals surface area contributed by atoms with Crippen LogP contribution in [0.25, 0.3) is 0 Å². The van der Waals surface area contributed by atoms with E-state index in [-0.39, 0.29) is 5.82 Å². The molecule has 1 heterocycles. The molecule has 0 fully saturated rings. The highest BCUT2D eigenvalue weighted by atomic mass is 35.5. The first-order valence-corrected chi connectivity index (χ1v) is 8.07. The molecule has 1 aliphatic heterocycles. The second-order valence-corrected chi connectivity index (χ2v) is 6.11. The first kappa shape index (κ1) is 15.1. The van der Waals surface area contributed by atoms with Crippen molar-refractivity contribution in [1.29, 1.82) is 0 Å². The molecule has 0 radical (unpaired) electrons. The summed E-state index contributed by atoms with van der Waals surface area (Å²) in [7, 11) is 0. The van der Waals surface area contributed by atoms with Gasteiger partial charge in [-0.3, -0.25) is 10.4 Å². The number of aliphatic imine (C=N–C) groups is 1. The number of hydrazone groups is 1. The largest absolute Gasteiger partial charge is 0.256 e. The van der Waals surface area contributed by atoms with E-state index in [1.54, 1.807) is 23.9 Å². The molecule has 0 saturated heterocycles.